The Bertz CT molecular complexity index is 1410. The number of sulfonamides is 1. The van der Waals surface area contributed by atoms with Gasteiger partial charge in [-0.2, -0.15) is 4.31 Å². The Balaban J connectivity index is 1.75. The largest absolute Gasteiger partial charge is 0.480 e. The number of rotatable bonds is 6. The molecule has 4 heterocycles. The lowest BCUT2D eigenvalue weighted by Gasteiger charge is -2.25. The number of carboxylic acids is 1. The second-order valence-corrected chi connectivity index (χ2v) is 12.4. The van der Waals surface area contributed by atoms with Crippen LogP contribution in [0.5, 0.6) is 0 Å². The number of thiophene rings is 1. The molecule has 10 nitrogen and oxygen atoms in total. The van der Waals surface area contributed by atoms with Gasteiger partial charge >= 0.3 is 5.97 Å². The Morgan fingerprint density at radius 2 is 2.09 bits per heavy atom. The van der Waals surface area contributed by atoms with Crippen LogP contribution < -0.4 is 10.9 Å². The van der Waals surface area contributed by atoms with Gasteiger partial charge in [-0.15, -0.1) is 23.1 Å². The zero-order valence-electron chi connectivity index (χ0n) is 16.3. The van der Waals surface area contributed by atoms with E-state index >= 15 is 0 Å². The number of carbonyl (C=O) groups is 2. The van der Waals surface area contributed by atoms with Gasteiger partial charge in [0.15, 0.2) is 4.96 Å². The molecule has 0 unspecified atom stereocenters. The summed E-state index contributed by atoms with van der Waals surface area (Å²) in [6.45, 7) is -0.417. The van der Waals surface area contributed by atoms with Gasteiger partial charge in [0.2, 0.25) is 0 Å². The number of amides is 1. The summed E-state index contributed by atoms with van der Waals surface area (Å²) >= 11 is 9.15. The van der Waals surface area contributed by atoms with Crippen LogP contribution in [-0.4, -0.2) is 58.4 Å². The number of carbonyl (C=O) groups excluding carboxylic acids is 1. The van der Waals surface area contributed by atoms with Crippen molar-refractivity contribution in [1.29, 1.82) is 0 Å². The zero-order valence-corrected chi connectivity index (χ0v) is 20.3. The smallest absolute Gasteiger partial charge is 0.322 e. The fraction of sp³-hybridized carbons (Fsp3) is 0.294. The number of hydrogen-bond acceptors (Lipinski definition) is 9. The topological polar surface area (TPSA) is 138 Å². The van der Waals surface area contributed by atoms with E-state index in [1.807, 2.05) is 0 Å². The van der Waals surface area contributed by atoms with Gasteiger partial charge in [-0.05, 0) is 18.4 Å². The van der Waals surface area contributed by atoms with Crippen molar-refractivity contribution in [3.63, 3.8) is 0 Å². The first-order chi connectivity index (χ1) is 15.1. The Kier molecular flexibility index (Phi) is 6.35. The molecule has 0 aromatic carbocycles. The standard InChI is InChI=1S/C17H15ClN4O6S4/c1-29-15-13(14(25)19-6-11(23)24)16(26)22-8-4-5-21(7-9(8)30-17(22)20-15)32(27,28)12-3-2-10(18)31-12/h2-3H,4-7H2,1H3,(H,19,25)(H,23,24). The summed E-state index contributed by atoms with van der Waals surface area (Å²) in [6, 6.07) is 2.99. The van der Waals surface area contributed by atoms with E-state index in [1.165, 1.54) is 32.2 Å². The van der Waals surface area contributed by atoms with Crippen LogP contribution in [0, 0.1) is 0 Å². The Morgan fingerprint density at radius 1 is 1.34 bits per heavy atom. The molecule has 3 aromatic rings. The zero-order chi connectivity index (χ0) is 23.2. The van der Waals surface area contributed by atoms with E-state index in [2.05, 4.69) is 10.3 Å². The number of nitrogens with zero attached hydrogens (tertiary/aromatic N) is 3. The summed E-state index contributed by atoms with van der Waals surface area (Å²) in [5.41, 5.74) is -0.251. The van der Waals surface area contributed by atoms with Crippen molar-refractivity contribution in [3.05, 3.63) is 43.0 Å². The van der Waals surface area contributed by atoms with E-state index in [-0.39, 0.29) is 34.3 Å². The second kappa shape index (κ2) is 8.76. The SMILES string of the molecule is CSc1nc2sc3c(n2c(=O)c1C(=O)NCC(=O)O)CCN(S(=O)(=O)c1ccc(Cl)s1)C3. The molecule has 4 rings (SSSR count). The third-order valence-electron chi connectivity index (χ3n) is 4.71. The van der Waals surface area contributed by atoms with E-state index in [0.29, 0.717) is 19.9 Å². The number of carboxylic acid groups (broad SMARTS) is 1. The molecule has 0 saturated heterocycles. The van der Waals surface area contributed by atoms with Crippen molar-refractivity contribution in [2.75, 3.05) is 19.3 Å². The molecule has 0 spiro atoms. The highest BCUT2D eigenvalue weighted by Gasteiger charge is 2.33. The summed E-state index contributed by atoms with van der Waals surface area (Å²) in [6.07, 6.45) is 1.91. The van der Waals surface area contributed by atoms with Gasteiger partial charge < -0.3 is 10.4 Å². The minimum absolute atomic E-state index is 0.0653. The van der Waals surface area contributed by atoms with Crippen LogP contribution in [0.25, 0.3) is 4.96 Å². The highest BCUT2D eigenvalue weighted by molar-refractivity contribution is 7.98. The number of thiazole rings is 1. The van der Waals surface area contributed by atoms with Crippen LogP contribution in [0.2, 0.25) is 4.34 Å². The van der Waals surface area contributed by atoms with Crippen molar-refractivity contribution >= 4 is 72.9 Å². The van der Waals surface area contributed by atoms with Crippen molar-refractivity contribution in [2.24, 2.45) is 0 Å². The minimum Gasteiger partial charge on any atom is -0.480 e. The molecule has 0 radical (unpaired) electrons. The first-order valence-corrected chi connectivity index (χ1v) is 13.7. The van der Waals surface area contributed by atoms with Gasteiger partial charge in [0.05, 0.1) is 10.9 Å². The summed E-state index contributed by atoms with van der Waals surface area (Å²) in [7, 11) is -3.74. The average molecular weight is 535 g/mol. The fourth-order valence-electron chi connectivity index (χ4n) is 3.28. The maximum absolute atomic E-state index is 13.2. The molecule has 0 saturated carbocycles. The third kappa shape index (κ3) is 4.06. The molecule has 15 heteroatoms. The maximum Gasteiger partial charge on any atom is 0.322 e. The molecule has 0 fully saturated rings. The number of aromatic nitrogens is 2. The quantitative estimate of drug-likeness (QED) is 0.360. The molecule has 170 valence electrons. The molecule has 1 amide bonds. The van der Waals surface area contributed by atoms with Crippen LogP contribution >= 0.6 is 46.0 Å². The van der Waals surface area contributed by atoms with Crippen LogP contribution in [-0.2, 0) is 27.8 Å². The van der Waals surface area contributed by atoms with Crippen molar-refractivity contribution in [1.82, 2.24) is 19.0 Å². The first-order valence-electron chi connectivity index (χ1n) is 9.00. The monoisotopic (exact) mass is 534 g/mol. The molecule has 1 aliphatic heterocycles. The summed E-state index contributed by atoms with van der Waals surface area (Å²) in [4.78, 5) is 41.9. The van der Waals surface area contributed by atoms with Gasteiger partial charge in [-0.3, -0.25) is 18.8 Å². The summed E-state index contributed by atoms with van der Waals surface area (Å²) in [5, 5.41) is 11.2. The summed E-state index contributed by atoms with van der Waals surface area (Å²) < 4.78 is 29.1. The van der Waals surface area contributed by atoms with Crippen LogP contribution in [0.4, 0.5) is 0 Å². The highest BCUT2D eigenvalue weighted by atomic mass is 35.5. The molecule has 0 bridgehead atoms. The summed E-state index contributed by atoms with van der Waals surface area (Å²) in [5.74, 6) is -2.06. The van der Waals surface area contributed by atoms with Gasteiger partial charge in [0.1, 0.15) is 21.3 Å². The lowest BCUT2D eigenvalue weighted by molar-refractivity contribution is -0.135. The molecule has 2 N–H and O–H groups in total. The Labute approximate surface area is 198 Å². The van der Waals surface area contributed by atoms with Crippen LogP contribution in [0.1, 0.15) is 20.9 Å². The van der Waals surface area contributed by atoms with Gasteiger partial charge in [-0.1, -0.05) is 22.9 Å². The number of nitrogens with one attached hydrogen (secondary N) is 1. The minimum atomic E-state index is -3.74. The lowest BCUT2D eigenvalue weighted by Crippen LogP contribution is -2.38. The van der Waals surface area contributed by atoms with E-state index in [4.69, 9.17) is 16.7 Å². The van der Waals surface area contributed by atoms with E-state index in [1.54, 1.807) is 6.26 Å². The first kappa shape index (κ1) is 23.2. The van der Waals surface area contributed by atoms with Crippen molar-refractivity contribution in [2.45, 2.75) is 22.2 Å². The lowest BCUT2D eigenvalue weighted by atomic mass is 10.2. The Hall–Kier alpha value is -1.97. The number of hydrogen-bond donors (Lipinski definition) is 2. The average Bonchev–Trinajstić information content (AvgIpc) is 3.34. The number of halogens is 1. The third-order valence-corrected chi connectivity index (χ3v) is 10.0. The predicted octanol–water partition coefficient (Wildman–Crippen LogP) is 1.75. The molecule has 32 heavy (non-hydrogen) atoms. The second-order valence-electron chi connectivity index (χ2n) is 6.61. The molecular weight excluding hydrogens is 520 g/mol. The van der Waals surface area contributed by atoms with Crippen molar-refractivity contribution in [3.8, 4) is 0 Å². The molecular formula is C17H15ClN4O6S4. The number of thioether (sulfide) groups is 1. The van der Waals surface area contributed by atoms with Crippen LogP contribution in [0.3, 0.4) is 0 Å². The van der Waals surface area contributed by atoms with Crippen molar-refractivity contribution < 1.29 is 23.1 Å². The molecule has 3 aromatic heterocycles. The van der Waals surface area contributed by atoms with Gasteiger partial charge in [0.25, 0.3) is 21.5 Å². The molecule has 0 atom stereocenters. The van der Waals surface area contributed by atoms with E-state index in [0.717, 1.165) is 23.1 Å². The fourth-order valence-corrected chi connectivity index (χ4v) is 8.20. The number of aliphatic carboxylic acids is 1. The van der Waals surface area contributed by atoms with E-state index in [9.17, 15) is 22.8 Å². The Morgan fingerprint density at radius 3 is 2.72 bits per heavy atom. The maximum atomic E-state index is 13.2. The van der Waals surface area contributed by atoms with Crippen LogP contribution in [0.15, 0.2) is 26.2 Å². The van der Waals surface area contributed by atoms with Gasteiger partial charge in [0, 0.05) is 23.5 Å². The highest BCUT2D eigenvalue weighted by Crippen LogP contribution is 2.34. The molecule has 0 aliphatic carbocycles. The van der Waals surface area contributed by atoms with E-state index < -0.39 is 34.0 Å². The predicted molar refractivity (Wildman–Crippen MR) is 122 cm³/mol. The number of fused-ring (bicyclic) bond motifs is 3. The van der Waals surface area contributed by atoms with Gasteiger partial charge in [-0.25, -0.2) is 13.4 Å². The normalized spacial score (nSPS) is 14.4. The molecule has 1 aliphatic rings.